The number of carbonyl (C=O) groups is 1. The van der Waals surface area contributed by atoms with E-state index in [1.54, 1.807) is 12.1 Å². The fourth-order valence-corrected chi connectivity index (χ4v) is 5.35. The molecule has 0 spiro atoms. The molecule has 6 heteroatoms. The van der Waals surface area contributed by atoms with Crippen molar-refractivity contribution in [2.24, 2.45) is 29.6 Å². The standard InChI is InChI=1S/C24H36O6/c1-14-5-8-19(21-13-29-15(2)6-9-18(14)21)16(3)24(27)30-12-17-7-10-20(23(25)26)22(11-17)28-4/h7,10-11,14-16,18-19,21,24,27H,5-6,8-9,12-13H2,1-4H3,(H,25,26)/t14-,15?,16-,18+,19+,21?,24-/m1/s1. The maximum absolute atomic E-state index is 11.2. The predicted molar refractivity (Wildman–Crippen MR) is 113 cm³/mol. The van der Waals surface area contributed by atoms with Gasteiger partial charge in [0.25, 0.3) is 0 Å². The summed E-state index contributed by atoms with van der Waals surface area (Å²) in [6.07, 6.45) is 4.01. The quantitative estimate of drug-likeness (QED) is 0.638. The van der Waals surface area contributed by atoms with Gasteiger partial charge in [0.2, 0.25) is 0 Å². The summed E-state index contributed by atoms with van der Waals surface area (Å²) in [7, 11) is 1.44. The smallest absolute Gasteiger partial charge is 0.339 e. The molecule has 168 valence electrons. The van der Waals surface area contributed by atoms with E-state index in [0.29, 0.717) is 35.5 Å². The molecular formula is C24H36O6. The summed E-state index contributed by atoms with van der Waals surface area (Å²) in [5, 5.41) is 20.0. The number of aliphatic hydroxyl groups is 1. The van der Waals surface area contributed by atoms with Gasteiger partial charge in [-0.1, -0.05) is 26.3 Å². The minimum Gasteiger partial charge on any atom is -0.496 e. The number of benzene rings is 1. The molecule has 0 bridgehead atoms. The monoisotopic (exact) mass is 420 g/mol. The second-order valence-electron chi connectivity index (χ2n) is 9.17. The zero-order valence-corrected chi connectivity index (χ0v) is 18.5. The average molecular weight is 421 g/mol. The summed E-state index contributed by atoms with van der Waals surface area (Å²) in [4.78, 5) is 11.2. The van der Waals surface area contributed by atoms with Crippen molar-refractivity contribution in [3.8, 4) is 5.75 Å². The Bertz CT molecular complexity index is 720. The summed E-state index contributed by atoms with van der Waals surface area (Å²) >= 11 is 0. The highest BCUT2D eigenvalue weighted by atomic mass is 16.6. The lowest BCUT2D eigenvalue weighted by Crippen LogP contribution is -2.42. The van der Waals surface area contributed by atoms with Crippen molar-refractivity contribution in [1.29, 1.82) is 0 Å². The number of fused-ring (bicyclic) bond motifs is 1. The first-order valence-electron chi connectivity index (χ1n) is 11.1. The minimum absolute atomic E-state index is 0.00203. The molecule has 1 aromatic rings. The van der Waals surface area contributed by atoms with Crippen LogP contribution in [0.2, 0.25) is 0 Å². The van der Waals surface area contributed by atoms with E-state index in [1.165, 1.54) is 26.0 Å². The number of hydrogen-bond donors (Lipinski definition) is 2. The first kappa shape index (κ1) is 23.0. The minimum atomic E-state index is -1.03. The SMILES string of the molecule is COc1cc(CO[C@@H](O)[C@H](C)[C@@H]2CC[C@@H](C)[C@@H]3CCC(C)OCC23)ccc1C(=O)O. The van der Waals surface area contributed by atoms with E-state index in [4.69, 9.17) is 14.2 Å². The predicted octanol–water partition coefficient (Wildman–Crippen LogP) is 4.34. The number of rotatable bonds is 7. The van der Waals surface area contributed by atoms with Crippen molar-refractivity contribution in [3.63, 3.8) is 0 Å². The highest BCUT2D eigenvalue weighted by Crippen LogP contribution is 2.46. The Morgan fingerprint density at radius 1 is 1.20 bits per heavy atom. The molecule has 3 rings (SSSR count). The van der Waals surface area contributed by atoms with Gasteiger partial charge in [0.15, 0.2) is 6.29 Å². The number of methoxy groups -OCH3 is 1. The zero-order valence-electron chi connectivity index (χ0n) is 18.5. The lowest BCUT2D eigenvalue weighted by Gasteiger charge is -2.44. The summed E-state index contributed by atoms with van der Waals surface area (Å²) in [6, 6.07) is 4.86. The van der Waals surface area contributed by atoms with E-state index in [9.17, 15) is 15.0 Å². The lowest BCUT2D eigenvalue weighted by atomic mass is 9.62. The Morgan fingerprint density at radius 3 is 2.67 bits per heavy atom. The molecule has 0 radical (unpaired) electrons. The number of aliphatic hydroxyl groups excluding tert-OH is 1. The molecule has 1 aliphatic carbocycles. The first-order chi connectivity index (χ1) is 14.3. The number of carboxylic acid groups (broad SMARTS) is 1. The Morgan fingerprint density at radius 2 is 1.97 bits per heavy atom. The molecule has 2 aliphatic rings. The molecule has 30 heavy (non-hydrogen) atoms. The van der Waals surface area contributed by atoms with Gasteiger partial charge >= 0.3 is 5.97 Å². The van der Waals surface area contributed by atoms with E-state index in [-0.39, 0.29) is 18.1 Å². The molecular weight excluding hydrogens is 384 g/mol. The number of carboxylic acids is 1. The van der Waals surface area contributed by atoms with Gasteiger partial charge in [-0.25, -0.2) is 4.79 Å². The topological polar surface area (TPSA) is 85.2 Å². The normalized spacial score (nSPS) is 31.3. The summed E-state index contributed by atoms with van der Waals surface area (Å²) < 4.78 is 17.1. The maximum atomic E-state index is 11.2. The van der Waals surface area contributed by atoms with Gasteiger partial charge in [-0.2, -0.15) is 0 Å². The van der Waals surface area contributed by atoms with Crippen LogP contribution in [0.25, 0.3) is 0 Å². The maximum Gasteiger partial charge on any atom is 0.339 e. The van der Waals surface area contributed by atoms with Crippen LogP contribution in [0.15, 0.2) is 18.2 Å². The number of ether oxygens (including phenoxy) is 3. The second-order valence-corrected chi connectivity index (χ2v) is 9.17. The summed E-state index contributed by atoms with van der Waals surface area (Å²) in [6.45, 7) is 7.56. The van der Waals surface area contributed by atoms with Gasteiger partial charge < -0.3 is 24.4 Å². The molecule has 1 saturated carbocycles. The van der Waals surface area contributed by atoms with Crippen molar-refractivity contribution in [2.75, 3.05) is 13.7 Å². The van der Waals surface area contributed by atoms with Crippen LogP contribution in [0, 0.1) is 29.6 Å². The molecule has 1 saturated heterocycles. The average Bonchev–Trinajstić information content (AvgIpc) is 2.94. The van der Waals surface area contributed by atoms with Crippen LogP contribution in [0.3, 0.4) is 0 Å². The lowest BCUT2D eigenvalue weighted by molar-refractivity contribution is -0.164. The largest absolute Gasteiger partial charge is 0.496 e. The second kappa shape index (κ2) is 10.1. The molecule has 0 aromatic heterocycles. The van der Waals surface area contributed by atoms with E-state index >= 15 is 0 Å². The molecule has 7 atom stereocenters. The molecule has 1 heterocycles. The number of hydrogen-bond acceptors (Lipinski definition) is 5. The van der Waals surface area contributed by atoms with E-state index in [1.807, 2.05) is 0 Å². The molecule has 6 nitrogen and oxygen atoms in total. The van der Waals surface area contributed by atoms with Gasteiger partial charge in [-0.05, 0) is 67.6 Å². The summed E-state index contributed by atoms with van der Waals surface area (Å²) in [5.74, 6) is 1.44. The zero-order chi connectivity index (χ0) is 21.8. The van der Waals surface area contributed by atoms with Crippen molar-refractivity contribution in [3.05, 3.63) is 29.3 Å². The molecule has 2 N–H and O–H groups in total. The fraction of sp³-hybridized carbons (Fsp3) is 0.708. The van der Waals surface area contributed by atoms with Gasteiger partial charge in [-0.3, -0.25) is 0 Å². The van der Waals surface area contributed by atoms with Crippen LogP contribution >= 0.6 is 0 Å². The Balaban J connectivity index is 1.63. The van der Waals surface area contributed by atoms with Crippen molar-refractivity contribution >= 4 is 5.97 Å². The Hall–Kier alpha value is -1.63. The van der Waals surface area contributed by atoms with Gasteiger partial charge in [0.05, 0.1) is 26.4 Å². The third-order valence-corrected chi connectivity index (χ3v) is 7.31. The Labute approximate surface area is 179 Å². The third kappa shape index (κ3) is 5.16. The van der Waals surface area contributed by atoms with Crippen LogP contribution < -0.4 is 4.74 Å². The molecule has 0 amide bonds. The fourth-order valence-electron chi connectivity index (χ4n) is 5.35. The van der Waals surface area contributed by atoms with Crippen LogP contribution in [0.5, 0.6) is 5.75 Å². The van der Waals surface area contributed by atoms with Crippen LogP contribution in [-0.4, -0.2) is 42.3 Å². The molecule has 2 fully saturated rings. The van der Waals surface area contributed by atoms with Crippen LogP contribution in [-0.2, 0) is 16.1 Å². The molecule has 1 aromatic carbocycles. The van der Waals surface area contributed by atoms with E-state index in [0.717, 1.165) is 25.0 Å². The van der Waals surface area contributed by atoms with Crippen LogP contribution in [0.4, 0.5) is 0 Å². The van der Waals surface area contributed by atoms with E-state index < -0.39 is 12.3 Å². The molecule has 1 aliphatic heterocycles. The number of aromatic carboxylic acids is 1. The Kier molecular flexibility index (Phi) is 7.77. The van der Waals surface area contributed by atoms with Crippen LogP contribution in [0.1, 0.15) is 62.4 Å². The summed E-state index contributed by atoms with van der Waals surface area (Å²) in [5.41, 5.74) is 0.880. The van der Waals surface area contributed by atoms with Gasteiger partial charge in [0.1, 0.15) is 11.3 Å². The van der Waals surface area contributed by atoms with Crippen molar-refractivity contribution < 1.29 is 29.2 Å². The van der Waals surface area contributed by atoms with E-state index in [2.05, 4.69) is 20.8 Å². The first-order valence-corrected chi connectivity index (χ1v) is 11.1. The highest BCUT2D eigenvalue weighted by Gasteiger charge is 2.42. The highest BCUT2D eigenvalue weighted by molar-refractivity contribution is 5.90. The van der Waals surface area contributed by atoms with Crippen molar-refractivity contribution in [2.45, 2.75) is 65.5 Å². The molecule has 2 unspecified atom stereocenters. The third-order valence-electron chi connectivity index (χ3n) is 7.31. The van der Waals surface area contributed by atoms with Crippen molar-refractivity contribution in [1.82, 2.24) is 0 Å². The van der Waals surface area contributed by atoms with Gasteiger partial charge in [-0.15, -0.1) is 0 Å². The van der Waals surface area contributed by atoms with Gasteiger partial charge in [0, 0.05) is 5.92 Å².